The maximum atomic E-state index is 5.80. The van der Waals surface area contributed by atoms with Crippen LogP contribution in [0.4, 0.5) is 5.82 Å². The van der Waals surface area contributed by atoms with Crippen molar-refractivity contribution in [2.45, 2.75) is 51.2 Å². The molecule has 5 nitrogen and oxygen atoms in total. The Morgan fingerprint density at radius 2 is 2.19 bits per heavy atom. The van der Waals surface area contributed by atoms with Crippen LogP contribution in [0.5, 0.6) is 0 Å². The van der Waals surface area contributed by atoms with Crippen molar-refractivity contribution in [2.75, 3.05) is 31.1 Å². The number of aryl methyl sites for hydroxylation is 1. The predicted octanol–water partition coefficient (Wildman–Crippen LogP) is 1.91. The van der Waals surface area contributed by atoms with E-state index in [1.54, 1.807) is 0 Å². The molecule has 0 aromatic carbocycles. The molecule has 3 rings (SSSR count). The highest BCUT2D eigenvalue weighted by atomic mass is 16.5. The lowest BCUT2D eigenvalue weighted by molar-refractivity contribution is 0.0151. The minimum atomic E-state index is 0.410. The van der Waals surface area contributed by atoms with E-state index in [0.717, 1.165) is 37.8 Å². The Kier molecular flexibility index (Phi) is 5.04. The van der Waals surface area contributed by atoms with E-state index in [-0.39, 0.29) is 0 Å². The van der Waals surface area contributed by atoms with Crippen LogP contribution in [0, 0.1) is 6.92 Å². The zero-order valence-corrected chi connectivity index (χ0v) is 12.9. The molecule has 1 aromatic heterocycles. The van der Waals surface area contributed by atoms with Gasteiger partial charge in [-0.2, -0.15) is 5.10 Å². The summed E-state index contributed by atoms with van der Waals surface area (Å²) in [6.45, 7) is 5.99. The highest BCUT2D eigenvalue weighted by molar-refractivity contribution is 5.38. The quantitative estimate of drug-likeness (QED) is 0.918. The fourth-order valence-electron chi connectivity index (χ4n) is 3.18. The Labute approximate surface area is 127 Å². The van der Waals surface area contributed by atoms with E-state index in [2.05, 4.69) is 26.5 Å². The average molecular weight is 290 g/mol. The Bertz CT molecular complexity index is 430. The Hall–Kier alpha value is -1.20. The van der Waals surface area contributed by atoms with Gasteiger partial charge in [-0.1, -0.05) is 0 Å². The summed E-state index contributed by atoms with van der Waals surface area (Å²) < 4.78 is 5.80. The average Bonchev–Trinajstić information content (AvgIpc) is 2.55. The number of nitrogens with zero attached hydrogens (tertiary/aromatic N) is 3. The molecule has 21 heavy (non-hydrogen) atoms. The van der Waals surface area contributed by atoms with Crippen molar-refractivity contribution in [3.63, 3.8) is 0 Å². The summed E-state index contributed by atoms with van der Waals surface area (Å²) in [7, 11) is 0. The van der Waals surface area contributed by atoms with Gasteiger partial charge < -0.3 is 15.0 Å². The maximum Gasteiger partial charge on any atom is 0.151 e. The first kappa shape index (κ1) is 14.7. The molecule has 1 N–H and O–H groups in total. The van der Waals surface area contributed by atoms with E-state index in [1.165, 1.54) is 32.1 Å². The zero-order valence-electron chi connectivity index (χ0n) is 12.9. The second-order valence-corrected chi connectivity index (χ2v) is 6.21. The van der Waals surface area contributed by atoms with Gasteiger partial charge in [-0.25, -0.2) is 0 Å². The van der Waals surface area contributed by atoms with Crippen molar-refractivity contribution in [3.8, 4) is 0 Å². The van der Waals surface area contributed by atoms with Crippen LogP contribution < -0.4 is 10.2 Å². The summed E-state index contributed by atoms with van der Waals surface area (Å²) in [6.07, 6.45) is 6.59. The van der Waals surface area contributed by atoms with Gasteiger partial charge in [0.05, 0.1) is 11.8 Å². The van der Waals surface area contributed by atoms with Crippen LogP contribution in [0.15, 0.2) is 12.1 Å². The van der Waals surface area contributed by atoms with Gasteiger partial charge in [-0.05, 0) is 51.2 Å². The van der Waals surface area contributed by atoms with Crippen LogP contribution in [-0.2, 0) is 4.74 Å². The Morgan fingerprint density at radius 3 is 2.95 bits per heavy atom. The van der Waals surface area contributed by atoms with Crippen LogP contribution in [0.25, 0.3) is 0 Å². The van der Waals surface area contributed by atoms with Crippen LogP contribution >= 0.6 is 0 Å². The van der Waals surface area contributed by atoms with E-state index in [4.69, 9.17) is 4.74 Å². The minimum Gasteiger partial charge on any atom is -0.377 e. The fraction of sp³-hybridized carbons (Fsp3) is 0.750. The number of nitrogens with one attached hydrogen (secondary N) is 1. The minimum absolute atomic E-state index is 0.410. The molecule has 2 fully saturated rings. The lowest BCUT2D eigenvalue weighted by Gasteiger charge is -2.35. The fourth-order valence-corrected chi connectivity index (χ4v) is 3.18. The maximum absolute atomic E-state index is 5.80. The molecule has 3 heterocycles. The van der Waals surface area contributed by atoms with E-state index in [1.807, 2.05) is 13.0 Å². The summed E-state index contributed by atoms with van der Waals surface area (Å²) >= 11 is 0. The highest BCUT2D eigenvalue weighted by Crippen LogP contribution is 2.18. The lowest BCUT2D eigenvalue weighted by Crippen LogP contribution is -2.48. The first-order chi connectivity index (χ1) is 10.3. The number of piperidine rings is 1. The lowest BCUT2D eigenvalue weighted by atomic mass is 10.0. The number of anilines is 1. The predicted molar refractivity (Wildman–Crippen MR) is 83.6 cm³/mol. The van der Waals surface area contributed by atoms with Crippen LogP contribution in [0.1, 0.15) is 37.8 Å². The van der Waals surface area contributed by atoms with E-state index in [9.17, 15) is 0 Å². The molecule has 5 heteroatoms. The van der Waals surface area contributed by atoms with Gasteiger partial charge in [0.25, 0.3) is 0 Å². The van der Waals surface area contributed by atoms with Gasteiger partial charge in [0.1, 0.15) is 0 Å². The largest absolute Gasteiger partial charge is 0.377 e. The number of hydrogen-bond donors (Lipinski definition) is 1. The van der Waals surface area contributed by atoms with E-state index >= 15 is 0 Å². The molecule has 2 atom stereocenters. The molecule has 2 saturated heterocycles. The van der Waals surface area contributed by atoms with Crippen molar-refractivity contribution < 1.29 is 4.74 Å². The third-order valence-electron chi connectivity index (χ3n) is 4.44. The van der Waals surface area contributed by atoms with Gasteiger partial charge in [-0.3, -0.25) is 0 Å². The smallest absolute Gasteiger partial charge is 0.151 e. The molecule has 0 spiro atoms. The molecular weight excluding hydrogens is 264 g/mol. The van der Waals surface area contributed by atoms with E-state index < -0.39 is 0 Å². The Morgan fingerprint density at radius 1 is 1.24 bits per heavy atom. The Balaban J connectivity index is 1.49. The number of rotatable bonds is 4. The molecule has 0 unspecified atom stereocenters. The van der Waals surface area contributed by atoms with Crippen molar-refractivity contribution in [1.29, 1.82) is 0 Å². The molecule has 1 aromatic rings. The first-order valence-electron chi connectivity index (χ1n) is 8.21. The van der Waals surface area contributed by atoms with Gasteiger partial charge in [0.15, 0.2) is 5.82 Å². The SMILES string of the molecule is Cc1ccc(N2CCC[C@@H](NC[C@H]3CCCCO3)C2)nn1. The normalized spacial score (nSPS) is 26.8. The summed E-state index contributed by atoms with van der Waals surface area (Å²) in [5.41, 5.74) is 0.972. The third-order valence-corrected chi connectivity index (χ3v) is 4.44. The van der Waals surface area contributed by atoms with Crippen LogP contribution in [0.2, 0.25) is 0 Å². The summed E-state index contributed by atoms with van der Waals surface area (Å²) in [4.78, 5) is 2.34. The number of ether oxygens (including phenoxy) is 1. The van der Waals surface area contributed by atoms with Crippen molar-refractivity contribution in [1.82, 2.24) is 15.5 Å². The topological polar surface area (TPSA) is 50.3 Å². The standard InChI is InChI=1S/C16H26N4O/c1-13-7-8-16(19-18-13)20-9-4-5-14(12-20)17-11-15-6-2-3-10-21-15/h7-8,14-15,17H,2-6,9-12H2,1H3/t14-,15-/m1/s1. The van der Waals surface area contributed by atoms with Gasteiger partial charge in [0.2, 0.25) is 0 Å². The van der Waals surface area contributed by atoms with Crippen molar-refractivity contribution in [3.05, 3.63) is 17.8 Å². The van der Waals surface area contributed by atoms with Gasteiger partial charge in [-0.15, -0.1) is 5.10 Å². The summed E-state index contributed by atoms with van der Waals surface area (Å²) in [5, 5.41) is 12.2. The molecule has 0 amide bonds. The zero-order chi connectivity index (χ0) is 14.5. The van der Waals surface area contributed by atoms with Gasteiger partial charge >= 0.3 is 0 Å². The first-order valence-corrected chi connectivity index (χ1v) is 8.21. The summed E-state index contributed by atoms with van der Waals surface area (Å²) in [5.74, 6) is 1.00. The number of aromatic nitrogens is 2. The molecule has 0 bridgehead atoms. The highest BCUT2D eigenvalue weighted by Gasteiger charge is 2.22. The molecule has 0 aliphatic carbocycles. The number of hydrogen-bond acceptors (Lipinski definition) is 5. The molecule has 116 valence electrons. The summed E-state index contributed by atoms with van der Waals surface area (Å²) in [6, 6.07) is 4.65. The van der Waals surface area contributed by atoms with Crippen molar-refractivity contribution >= 4 is 5.82 Å². The molecule has 0 saturated carbocycles. The molecule has 2 aliphatic rings. The molecule has 0 radical (unpaired) electrons. The van der Waals surface area contributed by atoms with Gasteiger partial charge in [0, 0.05) is 32.3 Å². The third kappa shape index (κ3) is 4.14. The van der Waals surface area contributed by atoms with Crippen LogP contribution in [0.3, 0.4) is 0 Å². The van der Waals surface area contributed by atoms with Crippen LogP contribution in [-0.4, -0.2) is 48.6 Å². The second kappa shape index (κ2) is 7.18. The molecular formula is C16H26N4O. The monoisotopic (exact) mass is 290 g/mol. The van der Waals surface area contributed by atoms with E-state index in [0.29, 0.717) is 12.1 Å². The second-order valence-electron chi connectivity index (χ2n) is 6.21. The van der Waals surface area contributed by atoms with Crippen molar-refractivity contribution in [2.24, 2.45) is 0 Å². The molecule has 2 aliphatic heterocycles.